The van der Waals surface area contributed by atoms with E-state index in [9.17, 15) is 4.79 Å². The van der Waals surface area contributed by atoms with Gasteiger partial charge < -0.3 is 15.5 Å². The van der Waals surface area contributed by atoms with Crippen LogP contribution in [0.2, 0.25) is 0 Å². The predicted octanol–water partition coefficient (Wildman–Crippen LogP) is 2.70. The maximum Gasteiger partial charge on any atom is 0.340 e. The third-order valence-corrected chi connectivity index (χ3v) is 4.51. The van der Waals surface area contributed by atoms with Crippen LogP contribution in [0.3, 0.4) is 0 Å². The normalized spacial score (nSPS) is 11.1. The Morgan fingerprint density at radius 1 is 1.26 bits per heavy atom. The van der Waals surface area contributed by atoms with E-state index in [0.717, 1.165) is 22.6 Å². The average molecular weight is 362 g/mol. The third kappa shape index (κ3) is 2.80. The van der Waals surface area contributed by atoms with Gasteiger partial charge in [-0.2, -0.15) is 5.10 Å². The first-order valence-corrected chi connectivity index (χ1v) is 8.32. The van der Waals surface area contributed by atoms with Crippen LogP contribution < -0.4 is 5.73 Å². The van der Waals surface area contributed by atoms with Gasteiger partial charge in [0.1, 0.15) is 11.6 Å². The van der Waals surface area contributed by atoms with Crippen LogP contribution in [0, 0.1) is 6.92 Å². The van der Waals surface area contributed by atoms with Gasteiger partial charge in [0, 0.05) is 29.9 Å². The Bertz CT molecular complexity index is 1150. The van der Waals surface area contributed by atoms with E-state index in [1.807, 2.05) is 44.3 Å². The number of fused-ring (bicyclic) bond motifs is 1. The largest absolute Gasteiger partial charge is 0.465 e. The smallest absolute Gasteiger partial charge is 0.340 e. The number of benzene rings is 1. The zero-order valence-electron chi connectivity index (χ0n) is 15.1. The van der Waals surface area contributed by atoms with Gasteiger partial charge in [-0.05, 0) is 24.6 Å². The van der Waals surface area contributed by atoms with Crippen LogP contribution in [-0.2, 0) is 11.8 Å². The topological polar surface area (TPSA) is 112 Å². The minimum absolute atomic E-state index is 0.321. The van der Waals surface area contributed by atoms with Gasteiger partial charge in [-0.3, -0.25) is 4.68 Å². The number of pyridine rings is 1. The first-order chi connectivity index (χ1) is 13.0. The molecule has 0 saturated carbocycles. The summed E-state index contributed by atoms with van der Waals surface area (Å²) in [6.45, 7) is 1.90. The molecule has 0 aliphatic rings. The number of rotatable bonds is 3. The number of nitrogen functional groups attached to an aromatic ring is 1. The molecule has 0 fully saturated rings. The summed E-state index contributed by atoms with van der Waals surface area (Å²) in [5, 5.41) is 5.09. The molecule has 4 aromatic rings. The Hall–Kier alpha value is -3.68. The standard InChI is InChI=1S/C19H18N6O2/c1-10-22-18(24-25(10)2)12-6-4-5-11(7-12)15-8-13-14(19(26)27-3)9-21-17(20)16(13)23-15/h4-9,23H,1-3H3,(H2,20,21). The van der Waals surface area contributed by atoms with Crippen LogP contribution in [0.5, 0.6) is 0 Å². The highest BCUT2D eigenvalue weighted by molar-refractivity contribution is 6.07. The van der Waals surface area contributed by atoms with Crippen molar-refractivity contribution in [2.45, 2.75) is 6.92 Å². The lowest BCUT2D eigenvalue weighted by atomic mass is 10.1. The van der Waals surface area contributed by atoms with E-state index in [2.05, 4.69) is 20.1 Å². The monoisotopic (exact) mass is 362 g/mol. The van der Waals surface area contributed by atoms with Crippen LogP contribution in [0.1, 0.15) is 16.2 Å². The van der Waals surface area contributed by atoms with E-state index >= 15 is 0 Å². The van der Waals surface area contributed by atoms with Gasteiger partial charge in [-0.15, -0.1) is 0 Å². The number of aryl methyl sites for hydroxylation is 2. The van der Waals surface area contributed by atoms with Crippen molar-refractivity contribution in [2.75, 3.05) is 12.8 Å². The lowest BCUT2D eigenvalue weighted by Gasteiger charge is -2.01. The Morgan fingerprint density at radius 2 is 2.04 bits per heavy atom. The zero-order chi connectivity index (χ0) is 19.1. The molecular formula is C19H18N6O2. The van der Waals surface area contributed by atoms with Gasteiger partial charge in [0.15, 0.2) is 5.82 Å². The number of nitrogens with two attached hydrogens (primary N) is 1. The molecule has 136 valence electrons. The molecular weight excluding hydrogens is 344 g/mol. The number of carbonyl (C=O) groups is 1. The first kappa shape index (κ1) is 16.8. The van der Waals surface area contributed by atoms with Gasteiger partial charge in [0.2, 0.25) is 0 Å². The molecule has 0 radical (unpaired) electrons. The van der Waals surface area contributed by atoms with Gasteiger partial charge in [-0.25, -0.2) is 14.8 Å². The van der Waals surface area contributed by atoms with Crippen molar-refractivity contribution >= 4 is 22.7 Å². The van der Waals surface area contributed by atoms with Crippen LogP contribution >= 0.6 is 0 Å². The highest BCUT2D eigenvalue weighted by atomic mass is 16.5. The second-order valence-electron chi connectivity index (χ2n) is 6.21. The molecule has 3 aromatic heterocycles. The van der Waals surface area contributed by atoms with Crippen molar-refractivity contribution in [1.29, 1.82) is 0 Å². The fourth-order valence-corrected chi connectivity index (χ4v) is 2.98. The number of aromatic nitrogens is 5. The van der Waals surface area contributed by atoms with E-state index in [4.69, 9.17) is 10.5 Å². The van der Waals surface area contributed by atoms with E-state index < -0.39 is 5.97 Å². The summed E-state index contributed by atoms with van der Waals surface area (Å²) in [5.74, 6) is 1.36. The summed E-state index contributed by atoms with van der Waals surface area (Å²) >= 11 is 0. The molecule has 0 amide bonds. The molecule has 0 saturated heterocycles. The van der Waals surface area contributed by atoms with Crippen LogP contribution in [-0.4, -0.2) is 37.8 Å². The third-order valence-electron chi connectivity index (χ3n) is 4.51. The highest BCUT2D eigenvalue weighted by Crippen LogP contribution is 2.31. The number of nitrogens with one attached hydrogen (secondary N) is 1. The van der Waals surface area contributed by atoms with Crippen molar-refractivity contribution < 1.29 is 9.53 Å². The van der Waals surface area contributed by atoms with E-state index in [0.29, 0.717) is 28.1 Å². The van der Waals surface area contributed by atoms with Crippen molar-refractivity contribution in [3.63, 3.8) is 0 Å². The number of anilines is 1. The van der Waals surface area contributed by atoms with Gasteiger partial charge in [0.05, 0.1) is 18.2 Å². The van der Waals surface area contributed by atoms with Gasteiger partial charge >= 0.3 is 5.97 Å². The second-order valence-corrected chi connectivity index (χ2v) is 6.21. The molecule has 4 rings (SSSR count). The molecule has 0 aliphatic carbocycles. The minimum atomic E-state index is -0.458. The number of nitrogens with zero attached hydrogens (tertiary/aromatic N) is 4. The Kier molecular flexibility index (Phi) is 3.88. The summed E-state index contributed by atoms with van der Waals surface area (Å²) in [6, 6.07) is 9.71. The lowest BCUT2D eigenvalue weighted by molar-refractivity contribution is 0.0602. The molecule has 3 N–H and O–H groups in total. The number of hydrogen-bond donors (Lipinski definition) is 2. The number of aromatic amines is 1. The molecule has 0 unspecified atom stereocenters. The summed E-state index contributed by atoms with van der Waals surface area (Å²) < 4.78 is 6.57. The van der Waals surface area contributed by atoms with Crippen LogP contribution in [0.4, 0.5) is 5.82 Å². The second kappa shape index (κ2) is 6.24. The SMILES string of the molecule is COC(=O)c1cnc(N)c2[nH]c(-c3cccc(-c4nc(C)n(C)n4)c3)cc12. The number of carbonyl (C=O) groups excluding carboxylic acids is 1. The van der Waals surface area contributed by atoms with E-state index in [-0.39, 0.29) is 0 Å². The summed E-state index contributed by atoms with van der Waals surface area (Å²) in [5.41, 5.74) is 9.57. The Morgan fingerprint density at radius 3 is 2.74 bits per heavy atom. The molecule has 0 spiro atoms. The molecule has 0 atom stereocenters. The fraction of sp³-hybridized carbons (Fsp3) is 0.158. The van der Waals surface area contributed by atoms with Crippen molar-refractivity contribution in [2.24, 2.45) is 7.05 Å². The number of ether oxygens (including phenoxy) is 1. The molecule has 8 heteroatoms. The van der Waals surface area contributed by atoms with E-state index in [1.165, 1.54) is 13.3 Å². The quantitative estimate of drug-likeness (QED) is 0.542. The number of methoxy groups -OCH3 is 1. The van der Waals surface area contributed by atoms with E-state index in [1.54, 1.807) is 4.68 Å². The van der Waals surface area contributed by atoms with Crippen molar-refractivity contribution in [3.05, 3.63) is 47.9 Å². The summed E-state index contributed by atoms with van der Waals surface area (Å²) in [7, 11) is 3.20. The fourth-order valence-electron chi connectivity index (χ4n) is 2.98. The van der Waals surface area contributed by atoms with Crippen LogP contribution in [0.25, 0.3) is 33.5 Å². The molecule has 0 bridgehead atoms. The maximum absolute atomic E-state index is 12.0. The van der Waals surface area contributed by atoms with Crippen molar-refractivity contribution in [3.8, 4) is 22.6 Å². The number of H-pyrrole nitrogens is 1. The van der Waals surface area contributed by atoms with Gasteiger partial charge in [0.25, 0.3) is 0 Å². The predicted molar refractivity (Wildman–Crippen MR) is 102 cm³/mol. The summed E-state index contributed by atoms with van der Waals surface area (Å²) in [4.78, 5) is 23.8. The highest BCUT2D eigenvalue weighted by Gasteiger charge is 2.17. The molecule has 1 aromatic carbocycles. The average Bonchev–Trinajstić information content (AvgIpc) is 3.26. The molecule has 27 heavy (non-hydrogen) atoms. The maximum atomic E-state index is 12.0. The molecule has 0 aliphatic heterocycles. The summed E-state index contributed by atoms with van der Waals surface area (Å²) in [6.07, 6.45) is 1.43. The zero-order valence-corrected chi connectivity index (χ0v) is 15.1. The molecule has 3 heterocycles. The molecule has 8 nitrogen and oxygen atoms in total. The lowest BCUT2D eigenvalue weighted by Crippen LogP contribution is -2.03. The van der Waals surface area contributed by atoms with Gasteiger partial charge in [-0.1, -0.05) is 18.2 Å². The number of esters is 1. The minimum Gasteiger partial charge on any atom is -0.465 e. The number of hydrogen-bond acceptors (Lipinski definition) is 6. The Labute approximate surface area is 155 Å². The van der Waals surface area contributed by atoms with Crippen LogP contribution in [0.15, 0.2) is 36.5 Å². The van der Waals surface area contributed by atoms with Crippen molar-refractivity contribution in [1.82, 2.24) is 24.7 Å². The Balaban J connectivity index is 1.84. The first-order valence-electron chi connectivity index (χ1n) is 8.32.